The van der Waals surface area contributed by atoms with Gasteiger partial charge in [-0.25, -0.2) is 4.79 Å². The van der Waals surface area contributed by atoms with Crippen LogP contribution in [0.1, 0.15) is 49.0 Å². The minimum atomic E-state index is -0.222. The number of carbonyl (C=O) groups excluding carboxylic acids is 2. The zero-order chi connectivity index (χ0) is 17.9. The van der Waals surface area contributed by atoms with E-state index < -0.39 is 0 Å². The second-order valence-corrected chi connectivity index (χ2v) is 6.71. The summed E-state index contributed by atoms with van der Waals surface area (Å²) in [4.78, 5) is 30.1. The largest absolute Gasteiger partial charge is 0.337 e. The third-order valence-corrected chi connectivity index (χ3v) is 4.61. The first kappa shape index (κ1) is 16.6. The zero-order valence-corrected chi connectivity index (χ0v) is 14.4. The summed E-state index contributed by atoms with van der Waals surface area (Å²) in [6.45, 7) is 0.714. The molecule has 2 N–H and O–H groups in total. The highest BCUT2D eigenvalue weighted by Crippen LogP contribution is 2.33. The molecule has 1 atom stereocenters. The number of amides is 3. The number of benzene rings is 1. The Morgan fingerprint density at radius 1 is 1.23 bits per heavy atom. The highest BCUT2D eigenvalue weighted by atomic mass is 16.5. The van der Waals surface area contributed by atoms with Crippen molar-refractivity contribution < 1.29 is 14.1 Å². The summed E-state index contributed by atoms with van der Waals surface area (Å²) in [5.74, 6) is 0.914. The van der Waals surface area contributed by atoms with Crippen molar-refractivity contribution in [3.8, 4) is 0 Å². The Labute approximate surface area is 150 Å². The maximum absolute atomic E-state index is 12.3. The molecule has 0 bridgehead atoms. The van der Waals surface area contributed by atoms with E-state index in [0.29, 0.717) is 37.1 Å². The van der Waals surface area contributed by atoms with Gasteiger partial charge in [0.05, 0.1) is 6.54 Å². The predicted molar refractivity (Wildman–Crippen MR) is 91.7 cm³/mol. The van der Waals surface area contributed by atoms with E-state index in [0.717, 1.165) is 18.4 Å². The lowest BCUT2D eigenvalue weighted by atomic mass is 10.2. The Bertz CT molecular complexity index is 787. The van der Waals surface area contributed by atoms with Gasteiger partial charge in [-0.05, 0) is 24.8 Å². The maximum atomic E-state index is 12.3. The predicted octanol–water partition coefficient (Wildman–Crippen LogP) is 1.89. The minimum absolute atomic E-state index is 0.0838. The maximum Gasteiger partial charge on any atom is 0.315 e. The molecule has 1 saturated heterocycles. The number of rotatable bonds is 6. The van der Waals surface area contributed by atoms with Crippen LogP contribution < -0.4 is 10.6 Å². The molecule has 2 heterocycles. The third-order valence-electron chi connectivity index (χ3n) is 4.61. The fraction of sp³-hybridized carbons (Fsp3) is 0.444. The van der Waals surface area contributed by atoms with Gasteiger partial charge in [-0.3, -0.25) is 4.79 Å². The van der Waals surface area contributed by atoms with E-state index >= 15 is 0 Å². The van der Waals surface area contributed by atoms with E-state index in [-0.39, 0.29) is 24.5 Å². The number of nitrogens with one attached hydrogen (secondary N) is 2. The average Bonchev–Trinajstić information content (AvgIpc) is 3.21. The summed E-state index contributed by atoms with van der Waals surface area (Å²) in [6.07, 6.45) is 3.19. The number of urea groups is 1. The van der Waals surface area contributed by atoms with E-state index in [2.05, 4.69) is 20.8 Å². The molecule has 2 aliphatic rings. The quantitative estimate of drug-likeness (QED) is 0.824. The molecule has 8 nitrogen and oxygen atoms in total. The molecule has 2 fully saturated rings. The zero-order valence-electron chi connectivity index (χ0n) is 14.4. The topological polar surface area (TPSA) is 100 Å². The molecule has 26 heavy (non-hydrogen) atoms. The molecule has 1 aromatic carbocycles. The van der Waals surface area contributed by atoms with Crippen LogP contribution in [0.3, 0.4) is 0 Å². The Balaban J connectivity index is 1.38. The smallest absolute Gasteiger partial charge is 0.315 e. The summed E-state index contributed by atoms with van der Waals surface area (Å²) in [7, 11) is 0. The van der Waals surface area contributed by atoms with Crippen LogP contribution in [0.5, 0.6) is 0 Å². The molecule has 1 aliphatic heterocycles. The van der Waals surface area contributed by atoms with Crippen molar-refractivity contribution in [2.45, 2.75) is 50.9 Å². The molecule has 3 amide bonds. The molecule has 0 spiro atoms. The molecule has 4 rings (SSSR count). The standard InChI is InChI=1S/C18H21N5O3/c24-16-9-8-14(23(16)11-12-4-2-1-3-5-12)17-21-15(22-26-17)10-19-18(25)20-13-6-7-13/h1-5,13-14H,6-11H2,(H2,19,20,25)/t14-/m0/s1. The highest BCUT2D eigenvalue weighted by Gasteiger charge is 2.35. The van der Waals surface area contributed by atoms with Gasteiger partial charge in [0.25, 0.3) is 0 Å². The molecule has 8 heteroatoms. The first-order valence-corrected chi connectivity index (χ1v) is 8.89. The van der Waals surface area contributed by atoms with Crippen molar-refractivity contribution in [1.82, 2.24) is 25.7 Å². The number of hydrogen-bond donors (Lipinski definition) is 2. The van der Waals surface area contributed by atoms with Crippen molar-refractivity contribution in [1.29, 1.82) is 0 Å². The van der Waals surface area contributed by atoms with Gasteiger partial charge in [0.2, 0.25) is 11.8 Å². The fourth-order valence-electron chi connectivity index (χ4n) is 3.07. The van der Waals surface area contributed by atoms with Crippen molar-refractivity contribution in [3.05, 3.63) is 47.6 Å². The van der Waals surface area contributed by atoms with E-state index in [4.69, 9.17) is 4.52 Å². The number of hydrogen-bond acceptors (Lipinski definition) is 5. The molecule has 1 aliphatic carbocycles. The summed E-state index contributed by atoms with van der Waals surface area (Å²) in [6, 6.07) is 9.69. The van der Waals surface area contributed by atoms with Gasteiger partial charge in [0, 0.05) is 19.0 Å². The van der Waals surface area contributed by atoms with Gasteiger partial charge in [0.1, 0.15) is 6.04 Å². The molecule has 0 unspecified atom stereocenters. The second kappa shape index (κ2) is 7.15. The Morgan fingerprint density at radius 2 is 2.04 bits per heavy atom. The van der Waals surface area contributed by atoms with Gasteiger partial charge >= 0.3 is 6.03 Å². The van der Waals surface area contributed by atoms with Crippen LogP contribution in [0.25, 0.3) is 0 Å². The lowest BCUT2D eigenvalue weighted by Gasteiger charge is -2.22. The number of likely N-dealkylation sites (tertiary alicyclic amines) is 1. The van der Waals surface area contributed by atoms with Gasteiger partial charge in [-0.15, -0.1) is 0 Å². The molecule has 136 valence electrons. The lowest BCUT2D eigenvalue weighted by molar-refractivity contribution is -0.129. The number of carbonyl (C=O) groups is 2. The molecule has 0 radical (unpaired) electrons. The van der Waals surface area contributed by atoms with Crippen LogP contribution in [0.15, 0.2) is 34.9 Å². The van der Waals surface area contributed by atoms with Crippen LogP contribution in [0.4, 0.5) is 4.79 Å². The van der Waals surface area contributed by atoms with Gasteiger partial charge in [0.15, 0.2) is 5.82 Å². The Kier molecular flexibility index (Phi) is 4.55. The van der Waals surface area contributed by atoms with Crippen LogP contribution in [0, 0.1) is 0 Å². The first-order valence-electron chi connectivity index (χ1n) is 8.89. The minimum Gasteiger partial charge on any atom is -0.337 e. The van der Waals surface area contributed by atoms with Gasteiger partial charge < -0.3 is 20.1 Å². The van der Waals surface area contributed by atoms with E-state index in [1.165, 1.54) is 0 Å². The Morgan fingerprint density at radius 3 is 2.81 bits per heavy atom. The summed E-state index contributed by atoms with van der Waals surface area (Å²) in [5, 5.41) is 9.48. The third kappa shape index (κ3) is 3.84. The van der Waals surface area contributed by atoms with Crippen molar-refractivity contribution >= 4 is 11.9 Å². The van der Waals surface area contributed by atoms with Crippen molar-refractivity contribution in [3.63, 3.8) is 0 Å². The summed E-state index contributed by atoms with van der Waals surface area (Å²) < 4.78 is 5.36. The van der Waals surface area contributed by atoms with Gasteiger partial charge in [-0.2, -0.15) is 4.98 Å². The van der Waals surface area contributed by atoms with E-state index in [9.17, 15) is 9.59 Å². The van der Waals surface area contributed by atoms with Crippen molar-refractivity contribution in [2.24, 2.45) is 0 Å². The molecule has 1 aromatic heterocycles. The fourth-order valence-corrected chi connectivity index (χ4v) is 3.07. The monoisotopic (exact) mass is 355 g/mol. The second-order valence-electron chi connectivity index (χ2n) is 6.71. The molecular weight excluding hydrogens is 334 g/mol. The van der Waals surface area contributed by atoms with E-state index in [1.54, 1.807) is 4.90 Å². The van der Waals surface area contributed by atoms with Crippen molar-refractivity contribution in [2.75, 3.05) is 0 Å². The normalized spacial score (nSPS) is 19.6. The first-order chi connectivity index (χ1) is 12.7. The molecule has 1 saturated carbocycles. The highest BCUT2D eigenvalue weighted by molar-refractivity contribution is 5.78. The SMILES string of the molecule is O=C(NCc1noc([C@@H]2CCC(=O)N2Cc2ccccc2)n1)NC1CC1. The van der Waals surface area contributed by atoms with Gasteiger partial charge in [-0.1, -0.05) is 35.5 Å². The van der Waals surface area contributed by atoms with Crippen LogP contribution in [-0.2, 0) is 17.9 Å². The number of aromatic nitrogens is 2. The number of nitrogens with zero attached hydrogens (tertiary/aromatic N) is 3. The van der Waals surface area contributed by atoms with E-state index in [1.807, 2.05) is 30.3 Å². The average molecular weight is 355 g/mol. The van der Waals surface area contributed by atoms with Crippen LogP contribution in [-0.4, -0.2) is 33.0 Å². The molecule has 2 aromatic rings. The molecular formula is C18H21N5O3. The Hall–Kier alpha value is -2.90. The lowest BCUT2D eigenvalue weighted by Crippen LogP contribution is -2.36. The summed E-state index contributed by atoms with van der Waals surface area (Å²) in [5.41, 5.74) is 1.06. The van der Waals surface area contributed by atoms with Crippen LogP contribution >= 0.6 is 0 Å². The van der Waals surface area contributed by atoms with Crippen LogP contribution in [0.2, 0.25) is 0 Å². The summed E-state index contributed by atoms with van der Waals surface area (Å²) >= 11 is 0.